The molecular weight excluding hydrogens is 188 g/mol. The van der Waals surface area contributed by atoms with E-state index in [1.54, 1.807) is 10.7 Å². The predicted molar refractivity (Wildman–Crippen MR) is 59.7 cm³/mol. The van der Waals surface area contributed by atoms with Crippen LogP contribution in [-0.2, 0) is 0 Å². The van der Waals surface area contributed by atoms with E-state index in [2.05, 4.69) is 5.10 Å². The van der Waals surface area contributed by atoms with Crippen LogP contribution >= 0.6 is 0 Å². The van der Waals surface area contributed by atoms with Crippen molar-refractivity contribution in [3.05, 3.63) is 36.4 Å². The Hall–Kier alpha value is -1.77. The van der Waals surface area contributed by atoms with Crippen LogP contribution in [0.5, 0.6) is 5.88 Å². The Bertz CT molecular complexity index is 446. The third-order valence-electron chi connectivity index (χ3n) is 2.27. The molecule has 0 unspecified atom stereocenters. The normalized spacial score (nSPS) is 10.9. The molecule has 15 heavy (non-hydrogen) atoms. The number of nitrogens with zero attached hydrogens (tertiary/aromatic N) is 2. The number of aromatic hydroxyl groups is 1. The first-order valence-corrected chi connectivity index (χ1v) is 5.02. The fraction of sp³-hybridized carbons (Fsp3) is 0.250. The fourth-order valence-electron chi connectivity index (χ4n) is 1.51. The Kier molecular flexibility index (Phi) is 2.46. The summed E-state index contributed by atoms with van der Waals surface area (Å²) in [6, 6.07) is 11.7. The minimum absolute atomic E-state index is 0.169. The maximum absolute atomic E-state index is 9.66. The molecule has 0 atom stereocenters. The van der Waals surface area contributed by atoms with E-state index >= 15 is 0 Å². The van der Waals surface area contributed by atoms with Crippen LogP contribution in [0.1, 0.15) is 19.9 Å². The van der Waals surface area contributed by atoms with Gasteiger partial charge in [0.25, 0.3) is 0 Å². The predicted octanol–water partition coefficient (Wildman–Crippen LogP) is 2.84. The number of hydrogen-bond donors (Lipinski definition) is 1. The van der Waals surface area contributed by atoms with E-state index in [1.807, 2.05) is 44.2 Å². The highest BCUT2D eigenvalue weighted by Gasteiger charge is 2.09. The van der Waals surface area contributed by atoms with Gasteiger partial charge in [0.05, 0.1) is 11.7 Å². The second-order valence-corrected chi connectivity index (χ2v) is 3.79. The minimum atomic E-state index is 0.169. The summed E-state index contributed by atoms with van der Waals surface area (Å²) in [6.45, 7) is 3.98. The van der Waals surface area contributed by atoms with Gasteiger partial charge < -0.3 is 5.11 Å². The molecule has 0 amide bonds. The van der Waals surface area contributed by atoms with E-state index in [9.17, 15) is 5.11 Å². The van der Waals surface area contributed by atoms with Crippen molar-refractivity contribution in [2.45, 2.75) is 19.9 Å². The molecule has 0 aliphatic heterocycles. The van der Waals surface area contributed by atoms with E-state index in [-0.39, 0.29) is 11.9 Å². The third-order valence-corrected chi connectivity index (χ3v) is 2.27. The Morgan fingerprint density at radius 2 is 1.87 bits per heavy atom. The lowest BCUT2D eigenvalue weighted by Crippen LogP contribution is -2.01. The third kappa shape index (κ3) is 1.86. The molecule has 0 fully saturated rings. The van der Waals surface area contributed by atoms with Crippen molar-refractivity contribution >= 4 is 0 Å². The van der Waals surface area contributed by atoms with E-state index in [4.69, 9.17) is 0 Å². The van der Waals surface area contributed by atoms with Gasteiger partial charge in [-0.05, 0) is 13.8 Å². The highest BCUT2D eigenvalue weighted by atomic mass is 16.3. The van der Waals surface area contributed by atoms with Crippen molar-refractivity contribution < 1.29 is 5.11 Å². The average molecular weight is 202 g/mol. The highest BCUT2D eigenvalue weighted by molar-refractivity contribution is 5.59. The SMILES string of the molecule is CC(C)n1nc(-c2ccccc2)cc1O. The van der Waals surface area contributed by atoms with Gasteiger partial charge >= 0.3 is 0 Å². The Labute approximate surface area is 89.0 Å². The van der Waals surface area contributed by atoms with Crippen molar-refractivity contribution in [2.24, 2.45) is 0 Å². The van der Waals surface area contributed by atoms with Gasteiger partial charge in [0.15, 0.2) is 0 Å². The molecule has 0 spiro atoms. The van der Waals surface area contributed by atoms with Crippen LogP contribution in [-0.4, -0.2) is 14.9 Å². The molecule has 2 aromatic rings. The van der Waals surface area contributed by atoms with Gasteiger partial charge in [0.2, 0.25) is 5.88 Å². The quantitative estimate of drug-likeness (QED) is 0.813. The molecule has 3 heteroatoms. The van der Waals surface area contributed by atoms with Gasteiger partial charge in [-0.25, -0.2) is 4.68 Å². The smallest absolute Gasteiger partial charge is 0.210 e. The molecule has 2 rings (SSSR count). The largest absolute Gasteiger partial charge is 0.493 e. The Morgan fingerprint density at radius 1 is 1.20 bits per heavy atom. The molecular formula is C12H14N2O. The summed E-state index contributed by atoms with van der Waals surface area (Å²) in [6.07, 6.45) is 0. The first-order chi connectivity index (χ1) is 7.18. The lowest BCUT2D eigenvalue weighted by Gasteiger charge is -2.05. The summed E-state index contributed by atoms with van der Waals surface area (Å²) >= 11 is 0. The molecule has 0 aliphatic rings. The van der Waals surface area contributed by atoms with Gasteiger partial charge in [0.1, 0.15) is 0 Å². The van der Waals surface area contributed by atoms with Gasteiger partial charge in [-0.1, -0.05) is 30.3 Å². The van der Waals surface area contributed by atoms with Crippen LogP contribution in [0.2, 0.25) is 0 Å². The summed E-state index contributed by atoms with van der Waals surface area (Å²) < 4.78 is 1.61. The van der Waals surface area contributed by atoms with Gasteiger partial charge in [-0.2, -0.15) is 5.10 Å². The first-order valence-electron chi connectivity index (χ1n) is 5.02. The molecule has 0 saturated heterocycles. The van der Waals surface area contributed by atoms with Gasteiger partial charge in [-0.3, -0.25) is 0 Å². The minimum Gasteiger partial charge on any atom is -0.493 e. The van der Waals surface area contributed by atoms with Gasteiger partial charge in [0, 0.05) is 11.6 Å². The number of benzene rings is 1. The summed E-state index contributed by atoms with van der Waals surface area (Å²) in [5, 5.41) is 14.0. The monoisotopic (exact) mass is 202 g/mol. The molecule has 0 radical (unpaired) electrons. The van der Waals surface area contributed by atoms with Crippen molar-refractivity contribution in [1.82, 2.24) is 9.78 Å². The number of hydrogen-bond acceptors (Lipinski definition) is 2. The lowest BCUT2D eigenvalue weighted by atomic mass is 10.2. The van der Waals surface area contributed by atoms with Crippen molar-refractivity contribution in [3.63, 3.8) is 0 Å². The summed E-state index contributed by atoms with van der Waals surface area (Å²) in [5.41, 5.74) is 1.83. The van der Waals surface area contributed by atoms with Crippen LogP contribution in [0, 0.1) is 0 Å². The zero-order valence-corrected chi connectivity index (χ0v) is 8.88. The molecule has 1 heterocycles. The first kappa shape index (κ1) is 9.77. The highest BCUT2D eigenvalue weighted by Crippen LogP contribution is 2.24. The molecule has 0 bridgehead atoms. The molecule has 78 valence electrons. The van der Waals surface area contributed by atoms with Crippen molar-refractivity contribution in [1.29, 1.82) is 0 Å². The summed E-state index contributed by atoms with van der Waals surface area (Å²) in [5.74, 6) is 0.212. The lowest BCUT2D eigenvalue weighted by molar-refractivity contribution is 0.378. The topological polar surface area (TPSA) is 38.0 Å². The average Bonchev–Trinajstić information content (AvgIpc) is 2.62. The Balaban J connectivity index is 2.43. The molecule has 1 aromatic carbocycles. The summed E-state index contributed by atoms with van der Waals surface area (Å²) in [4.78, 5) is 0. The second kappa shape index (κ2) is 3.77. The van der Waals surface area contributed by atoms with Crippen LogP contribution in [0.25, 0.3) is 11.3 Å². The molecule has 1 N–H and O–H groups in total. The van der Waals surface area contributed by atoms with E-state index in [1.165, 1.54) is 0 Å². The second-order valence-electron chi connectivity index (χ2n) is 3.79. The van der Waals surface area contributed by atoms with Crippen LogP contribution in [0.15, 0.2) is 36.4 Å². The van der Waals surface area contributed by atoms with Crippen molar-refractivity contribution in [2.75, 3.05) is 0 Å². The van der Waals surface area contributed by atoms with E-state index in [0.717, 1.165) is 11.3 Å². The summed E-state index contributed by atoms with van der Waals surface area (Å²) in [7, 11) is 0. The number of rotatable bonds is 2. The molecule has 0 aliphatic carbocycles. The van der Waals surface area contributed by atoms with Gasteiger partial charge in [-0.15, -0.1) is 0 Å². The van der Waals surface area contributed by atoms with Crippen LogP contribution in [0.4, 0.5) is 0 Å². The molecule has 0 saturated carbocycles. The Morgan fingerprint density at radius 3 is 2.40 bits per heavy atom. The van der Waals surface area contributed by atoms with Crippen LogP contribution < -0.4 is 0 Å². The van der Waals surface area contributed by atoms with E-state index in [0.29, 0.717) is 0 Å². The maximum Gasteiger partial charge on any atom is 0.210 e. The standard InChI is InChI=1S/C12H14N2O/c1-9(2)14-12(15)8-11(13-14)10-6-4-3-5-7-10/h3-9,15H,1-2H3. The maximum atomic E-state index is 9.66. The van der Waals surface area contributed by atoms with E-state index < -0.39 is 0 Å². The zero-order valence-electron chi connectivity index (χ0n) is 8.88. The van der Waals surface area contributed by atoms with Crippen molar-refractivity contribution in [3.8, 4) is 17.1 Å². The molecule has 1 aromatic heterocycles. The van der Waals surface area contributed by atoms with Crippen LogP contribution in [0.3, 0.4) is 0 Å². The molecule has 3 nitrogen and oxygen atoms in total. The number of aromatic nitrogens is 2. The zero-order chi connectivity index (χ0) is 10.8. The fourth-order valence-corrected chi connectivity index (χ4v) is 1.51.